The number of carbonyl (C=O) groups is 1. The Balaban J connectivity index is 1.63. The van der Waals surface area contributed by atoms with Gasteiger partial charge in [-0.15, -0.1) is 4.99 Å². The first kappa shape index (κ1) is 19.7. The molecule has 0 saturated carbocycles. The Morgan fingerprint density at radius 1 is 1.21 bits per heavy atom. The van der Waals surface area contributed by atoms with Crippen molar-refractivity contribution in [3.05, 3.63) is 41.6 Å². The highest BCUT2D eigenvalue weighted by atomic mass is 19.1. The third kappa shape index (κ3) is 4.83. The van der Waals surface area contributed by atoms with Gasteiger partial charge in [0.1, 0.15) is 12.7 Å². The normalized spacial score (nSPS) is 13.5. The number of piperazine rings is 1. The summed E-state index contributed by atoms with van der Waals surface area (Å²) in [5.41, 5.74) is 10.7. The molecule has 2 aromatic rings. The smallest absolute Gasteiger partial charge is 0.437 e. The molecule has 0 aliphatic carbocycles. The lowest BCUT2D eigenvalue weighted by Crippen LogP contribution is -2.47. The van der Waals surface area contributed by atoms with Gasteiger partial charge in [-0.3, -0.25) is 0 Å². The SMILES string of the molecule is N#Cc1cnc(N2CCN(c3nccc(COC(=O)N=C(N)N)c3F)CC2)nc1. The Kier molecular flexibility index (Phi) is 5.98. The van der Waals surface area contributed by atoms with Gasteiger partial charge in [-0.05, 0) is 6.07 Å². The number of halogens is 1. The lowest BCUT2D eigenvalue weighted by Gasteiger charge is -2.35. The molecule has 0 atom stereocenters. The third-order valence-corrected chi connectivity index (χ3v) is 4.15. The molecule has 0 bridgehead atoms. The van der Waals surface area contributed by atoms with Gasteiger partial charge < -0.3 is 26.0 Å². The number of carbonyl (C=O) groups excluding carboxylic acids is 1. The summed E-state index contributed by atoms with van der Waals surface area (Å²) in [6.07, 6.45) is 3.36. The zero-order chi connectivity index (χ0) is 20.8. The molecule has 1 amide bonds. The van der Waals surface area contributed by atoms with E-state index in [4.69, 9.17) is 21.5 Å². The highest BCUT2D eigenvalue weighted by Gasteiger charge is 2.23. The average molecular weight is 399 g/mol. The second kappa shape index (κ2) is 8.79. The van der Waals surface area contributed by atoms with E-state index >= 15 is 0 Å². The molecule has 29 heavy (non-hydrogen) atoms. The predicted octanol–water partition coefficient (Wildman–Crippen LogP) is 0.119. The summed E-state index contributed by atoms with van der Waals surface area (Å²) in [6.45, 7) is 1.76. The number of amides is 1. The minimum atomic E-state index is -1.00. The molecule has 0 spiro atoms. The van der Waals surface area contributed by atoms with Crippen LogP contribution in [-0.4, -0.2) is 53.2 Å². The Hall–Kier alpha value is -4.01. The molecular weight excluding hydrogens is 381 g/mol. The number of nitrogens with two attached hydrogens (primary N) is 2. The fraction of sp³-hybridized carbons (Fsp3) is 0.294. The summed E-state index contributed by atoms with van der Waals surface area (Å²) in [7, 11) is 0. The predicted molar refractivity (Wildman–Crippen MR) is 101 cm³/mol. The second-order valence-corrected chi connectivity index (χ2v) is 6.06. The van der Waals surface area contributed by atoms with E-state index in [1.54, 1.807) is 4.90 Å². The van der Waals surface area contributed by atoms with Crippen molar-refractivity contribution in [1.82, 2.24) is 15.0 Å². The molecule has 0 radical (unpaired) electrons. The van der Waals surface area contributed by atoms with E-state index in [2.05, 4.69) is 19.9 Å². The van der Waals surface area contributed by atoms with Crippen LogP contribution in [0.1, 0.15) is 11.1 Å². The van der Waals surface area contributed by atoms with Gasteiger partial charge in [0.25, 0.3) is 0 Å². The van der Waals surface area contributed by atoms with Crippen molar-refractivity contribution in [3.63, 3.8) is 0 Å². The molecule has 4 N–H and O–H groups in total. The number of anilines is 2. The highest BCUT2D eigenvalue weighted by Crippen LogP contribution is 2.22. The maximum absolute atomic E-state index is 14.8. The largest absolute Gasteiger partial charge is 0.443 e. The highest BCUT2D eigenvalue weighted by molar-refractivity contribution is 5.87. The number of nitriles is 1. The van der Waals surface area contributed by atoms with Gasteiger partial charge in [0.15, 0.2) is 17.6 Å². The van der Waals surface area contributed by atoms with Crippen LogP contribution in [0.3, 0.4) is 0 Å². The number of nitrogens with zero attached hydrogens (tertiary/aromatic N) is 7. The van der Waals surface area contributed by atoms with Gasteiger partial charge >= 0.3 is 6.09 Å². The Bertz CT molecular complexity index is 946. The van der Waals surface area contributed by atoms with Crippen molar-refractivity contribution in [2.45, 2.75) is 6.61 Å². The van der Waals surface area contributed by atoms with Crippen LogP contribution >= 0.6 is 0 Å². The molecule has 3 rings (SSSR count). The molecule has 12 heteroatoms. The summed E-state index contributed by atoms with van der Waals surface area (Å²) < 4.78 is 19.7. The van der Waals surface area contributed by atoms with Crippen molar-refractivity contribution in [2.75, 3.05) is 36.0 Å². The van der Waals surface area contributed by atoms with E-state index in [0.29, 0.717) is 37.7 Å². The quantitative estimate of drug-likeness (QED) is 0.534. The molecule has 1 fully saturated rings. The van der Waals surface area contributed by atoms with Gasteiger partial charge in [0, 0.05) is 37.9 Å². The number of ether oxygens (including phenoxy) is 1. The van der Waals surface area contributed by atoms with E-state index in [9.17, 15) is 9.18 Å². The Morgan fingerprint density at radius 2 is 1.86 bits per heavy atom. The van der Waals surface area contributed by atoms with Crippen molar-refractivity contribution in [2.24, 2.45) is 16.5 Å². The molecule has 2 aromatic heterocycles. The van der Waals surface area contributed by atoms with Crippen LogP contribution in [0.2, 0.25) is 0 Å². The summed E-state index contributed by atoms with van der Waals surface area (Å²) in [4.78, 5) is 30.8. The lowest BCUT2D eigenvalue weighted by molar-refractivity contribution is 0.149. The van der Waals surface area contributed by atoms with Gasteiger partial charge in [-0.25, -0.2) is 24.1 Å². The zero-order valence-corrected chi connectivity index (χ0v) is 15.3. The number of aliphatic imine (C=N–C) groups is 1. The van der Waals surface area contributed by atoms with Gasteiger partial charge in [0.05, 0.1) is 18.0 Å². The first-order valence-electron chi connectivity index (χ1n) is 8.59. The molecule has 1 saturated heterocycles. The summed E-state index contributed by atoms with van der Waals surface area (Å²) >= 11 is 0. The molecule has 0 aromatic carbocycles. The van der Waals surface area contributed by atoms with E-state index in [-0.39, 0.29) is 18.0 Å². The fourth-order valence-electron chi connectivity index (χ4n) is 2.74. The summed E-state index contributed by atoms with van der Waals surface area (Å²) in [6, 6.07) is 3.39. The van der Waals surface area contributed by atoms with Crippen LogP contribution in [0.4, 0.5) is 21.0 Å². The molecule has 0 unspecified atom stereocenters. The van der Waals surface area contributed by atoms with Crippen LogP contribution in [0.25, 0.3) is 0 Å². The van der Waals surface area contributed by atoms with E-state index in [1.165, 1.54) is 24.7 Å². The topological polar surface area (TPSA) is 160 Å². The second-order valence-electron chi connectivity index (χ2n) is 6.06. The number of hydrogen-bond donors (Lipinski definition) is 2. The maximum atomic E-state index is 14.8. The van der Waals surface area contributed by atoms with Gasteiger partial charge in [-0.2, -0.15) is 5.26 Å². The first-order chi connectivity index (χ1) is 14.0. The number of hydrogen-bond acceptors (Lipinski definition) is 8. The lowest BCUT2D eigenvalue weighted by atomic mass is 10.2. The minimum absolute atomic E-state index is 0.159. The van der Waals surface area contributed by atoms with Crippen LogP contribution < -0.4 is 21.3 Å². The van der Waals surface area contributed by atoms with Gasteiger partial charge in [0.2, 0.25) is 5.95 Å². The number of pyridine rings is 1. The van der Waals surface area contributed by atoms with Gasteiger partial charge in [-0.1, -0.05) is 0 Å². The van der Waals surface area contributed by atoms with Crippen LogP contribution in [0.15, 0.2) is 29.6 Å². The van der Waals surface area contributed by atoms with Crippen LogP contribution in [-0.2, 0) is 11.3 Å². The average Bonchev–Trinajstić information content (AvgIpc) is 2.73. The molecule has 1 aliphatic rings. The Labute approximate surface area is 165 Å². The monoisotopic (exact) mass is 399 g/mol. The Morgan fingerprint density at radius 3 is 2.48 bits per heavy atom. The summed E-state index contributed by atoms with van der Waals surface area (Å²) in [5, 5.41) is 8.82. The van der Waals surface area contributed by atoms with E-state index < -0.39 is 17.9 Å². The first-order valence-corrected chi connectivity index (χ1v) is 8.59. The van der Waals surface area contributed by atoms with Crippen LogP contribution in [0, 0.1) is 17.1 Å². The van der Waals surface area contributed by atoms with E-state index in [1.807, 2.05) is 11.0 Å². The molecule has 3 heterocycles. The summed E-state index contributed by atoms with van der Waals surface area (Å²) in [5.74, 6) is -0.332. The minimum Gasteiger partial charge on any atom is -0.443 e. The standard InChI is InChI=1S/C17H18FN9O2/c18-13-12(10-29-17(28)25-15(20)21)1-2-22-14(13)26-3-5-27(6-4-26)16-23-8-11(7-19)9-24-16/h1-2,8-9H,3-6,10H2,(H4,20,21,25,28). The molecular formula is C17H18FN9O2. The molecule has 1 aliphatic heterocycles. The number of rotatable bonds is 4. The van der Waals surface area contributed by atoms with Crippen molar-refractivity contribution in [3.8, 4) is 6.07 Å². The fourth-order valence-corrected chi connectivity index (χ4v) is 2.74. The van der Waals surface area contributed by atoms with Crippen molar-refractivity contribution < 1.29 is 13.9 Å². The van der Waals surface area contributed by atoms with Crippen LogP contribution in [0.5, 0.6) is 0 Å². The molecule has 150 valence electrons. The van der Waals surface area contributed by atoms with Crippen molar-refractivity contribution >= 4 is 23.8 Å². The van der Waals surface area contributed by atoms with Crippen molar-refractivity contribution in [1.29, 1.82) is 5.26 Å². The van der Waals surface area contributed by atoms with E-state index in [0.717, 1.165) is 0 Å². The maximum Gasteiger partial charge on any atom is 0.437 e. The molecule has 11 nitrogen and oxygen atoms in total. The third-order valence-electron chi connectivity index (χ3n) is 4.15. The number of aromatic nitrogens is 3. The zero-order valence-electron chi connectivity index (χ0n) is 15.3. The number of guanidine groups is 1.